The van der Waals surface area contributed by atoms with Crippen LogP contribution >= 0.6 is 11.3 Å². The van der Waals surface area contributed by atoms with Gasteiger partial charge in [-0.25, -0.2) is 18.4 Å². The van der Waals surface area contributed by atoms with Crippen LogP contribution in [0.4, 0.5) is 34.9 Å². The minimum atomic E-state index is -1.72. The molecule has 288 valence electrons. The van der Waals surface area contributed by atoms with Crippen LogP contribution in [0.25, 0.3) is 10.6 Å². The van der Waals surface area contributed by atoms with Gasteiger partial charge < -0.3 is 34.2 Å². The first kappa shape index (κ1) is 38.8. The molecule has 3 N–H and O–H groups in total. The van der Waals surface area contributed by atoms with E-state index < -0.39 is 48.5 Å². The molecule has 0 spiro atoms. The van der Waals surface area contributed by atoms with Gasteiger partial charge in [0.2, 0.25) is 12.2 Å². The molecule has 55 heavy (non-hydrogen) atoms. The fourth-order valence-electron chi connectivity index (χ4n) is 5.79. The summed E-state index contributed by atoms with van der Waals surface area (Å²) in [5, 5.41) is 35.0. The molecule has 0 saturated carbocycles. The third kappa shape index (κ3) is 8.74. The van der Waals surface area contributed by atoms with Gasteiger partial charge in [-0.15, -0.1) is 21.5 Å². The van der Waals surface area contributed by atoms with Gasteiger partial charge in [0.05, 0.1) is 42.7 Å². The number of carbonyl (C=O) groups excluding carboxylic acids is 2. The van der Waals surface area contributed by atoms with E-state index in [1.807, 2.05) is 30.3 Å². The number of aromatic nitrogens is 3. The van der Waals surface area contributed by atoms with Crippen LogP contribution in [0.5, 0.6) is 5.88 Å². The third-order valence-corrected chi connectivity index (χ3v) is 9.69. The Morgan fingerprint density at radius 3 is 2.31 bits per heavy atom. The topological polar surface area (TPSA) is 163 Å². The lowest BCUT2D eigenvalue weighted by molar-refractivity contribution is 0.0635. The van der Waals surface area contributed by atoms with Gasteiger partial charge in [0.1, 0.15) is 28.8 Å². The lowest BCUT2D eigenvalue weighted by Crippen LogP contribution is -2.54. The number of benzene rings is 2. The molecule has 0 aliphatic carbocycles. The number of halogens is 2. The number of hydrogen-bond donors (Lipinski definition) is 3. The first-order valence-corrected chi connectivity index (χ1v) is 17.8. The van der Waals surface area contributed by atoms with E-state index in [1.165, 1.54) is 48.4 Å². The molecular formula is C38H39F2N7O7S. The number of ether oxygens (including phenoxy) is 3. The quantitative estimate of drug-likeness (QED) is 0.136. The largest absolute Gasteiger partial charge is 0.480 e. The summed E-state index contributed by atoms with van der Waals surface area (Å²) in [6.45, 7) is 4.61. The van der Waals surface area contributed by atoms with Crippen molar-refractivity contribution in [1.29, 1.82) is 0 Å². The van der Waals surface area contributed by atoms with Gasteiger partial charge in [-0.2, -0.15) is 0 Å². The number of amides is 2. The Hall–Kier alpha value is -5.91. The smallest absolute Gasteiger partial charge is 0.412 e. The van der Waals surface area contributed by atoms with Gasteiger partial charge in [0.15, 0.2) is 12.0 Å². The van der Waals surface area contributed by atoms with Crippen LogP contribution < -0.4 is 19.9 Å². The average molecular weight is 776 g/mol. The van der Waals surface area contributed by atoms with Crippen LogP contribution in [0.15, 0.2) is 79.0 Å². The fourth-order valence-corrected chi connectivity index (χ4v) is 7.12. The highest BCUT2D eigenvalue weighted by Crippen LogP contribution is 2.51. The summed E-state index contributed by atoms with van der Waals surface area (Å²) in [5.41, 5.74) is 1.01. The summed E-state index contributed by atoms with van der Waals surface area (Å²) in [4.78, 5) is 34.6. The van der Waals surface area contributed by atoms with Crippen LogP contribution in [0.3, 0.4) is 0 Å². The highest BCUT2D eigenvalue weighted by Gasteiger charge is 2.43. The second kappa shape index (κ2) is 16.2. The second-order valence-electron chi connectivity index (χ2n) is 13.5. The molecule has 1 aliphatic rings. The molecule has 17 heteroatoms. The van der Waals surface area contributed by atoms with E-state index in [0.717, 1.165) is 33.9 Å². The van der Waals surface area contributed by atoms with Crippen LogP contribution in [0.1, 0.15) is 49.3 Å². The number of methoxy groups -OCH3 is 1. The van der Waals surface area contributed by atoms with Crippen molar-refractivity contribution in [3.8, 4) is 16.5 Å². The number of fused-ring (bicyclic) bond motifs is 1. The highest BCUT2D eigenvalue weighted by atomic mass is 32.1. The Kier molecular flexibility index (Phi) is 11.4. The van der Waals surface area contributed by atoms with E-state index in [2.05, 4.69) is 20.5 Å². The van der Waals surface area contributed by atoms with Gasteiger partial charge in [-0.05, 0) is 56.7 Å². The fraction of sp³-hybridized carbons (Fsp3) is 0.289. The zero-order valence-electron chi connectivity index (χ0n) is 30.6. The maximum atomic E-state index is 15.2. The number of aliphatic hydroxyl groups is 2. The third-order valence-electron chi connectivity index (χ3n) is 8.38. The first-order valence-electron chi connectivity index (χ1n) is 17.0. The number of nitrogens with zero attached hydrogens (tertiary/aromatic N) is 6. The molecule has 2 amide bonds. The van der Waals surface area contributed by atoms with E-state index in [9.17, 15) is 19.8 Å². The van der Waals surface area contributed by atoms with Crippen LogP contribution in [-0.2, 0) is 29.2 Å². The molecule has 2 aromatic carbocycles. The van der Waals surface area contributed by atoms with Gasteiger partial charge >= 0.3 is 12.2 Å². The number of pyridine rings is 1. The standard InChI is InChI=1S/C38H39F2N7O7S/c1-38(2,3)54-35(49)42-23-14-15-28(41-18-23)32-25(19-45(4)37(51)53-21-22-10-7-6-8-11-22)31-33(48)47(29-16-17-30(52-5)44-43-29)36(50)46(34(31)55-32)20-24-26(39)12-9-13-27(24)40/h6-18,33,36,48,50H,19-21H2,1-5H3,(H,42,49). The van der Waals surface area contributed by atoms with Gasteiger partial charge in [0.25, 0.3) is 0 Å². The number of thiophene rings is 1. The minimum absolute atomic E-state index is 0.00694. The summed E-state index contributed by atoms with van der Waals surface area (Å²) in [6.07, 6.45) is -3.27. The summed E-state index contributed by atoms with van der Waals surface area (Å²) in [7, 11) is 2.92. The Morgan fingerprint density at radius 1 is 0.964 bits per heavy atom. The zero-order chi connectivity index (χ0) is 39.4. The van der Waals surface area contributed by atoms with Crippen LogP contribution in [0, 0.1) is 11.6 Å². The highest BCUT2D eigenvalue weighted by molar-refractivity contribution is 7.19. The average Bonchev–Trinajstić information content (AvgIpc) is 3.52. The maximum Gasteiger partial charge on any atom is 0.412 e. The molecule has 1 aliphatic heterocycles. The van der Waals surface area contributed by atoms with Crippen molar-refractivity contribution in [2.45, 2.75) is 58.6 Å². The van der Waals surface area contributed by atoms with Crippen molar-refractivity contribution >= 4 is 40.0 Å². The van der Waals surface area contributed by atoms with E-state index in [4.69, 9.17) is 14.2 Å². The van der Waals surface area contributed by atoms with Crippen LogP contribution in [-0.4, -0.2) is 68.6 Å². The molecule has 2 unspecified atom stereocenters. The van der Waals surface area contributed by atoms with Gasteiger partial charge in [-0.3, -0.25) is 15.2 Å². The second-order valence-corrected chi connectivity index (χ2v) is 14.5. The van der Waals surface area contributed by atoms with Gasteiger partial charge in [0, 0.05) is 29.8 Å². The molecule has 5 aromatic rings. The molecule has 6 rings (SSSR count). The van der Waals surface area contributed by atoms with Crippen LogP contribution in [0.2, 0.25) is 0 Å². The van der Waals surface area contributed by atoms with Gasteiger partial charge in [-0.1, -0.05) is 36.4 Å². The number of anilines is 3. The number of carbonyl (C=O) groups is 2. The monoisotopic (exact) mass is 775 g/mol. The lowest BCUT2D eigenvalue weighted by atomic mass is 10.0. The first-order chi connectivity index (χ1) is 26.2. The predicted molar refractivity (Wildman–Crippen MR) is 200 cm³/mol. The minimum Gasteiger partial charge on any atom is -0.480 e. The summed E-state index contributed by atoms with van der Waals surface area (Å²) in [5.74, 6) is -1.51. The molecule has 3 aromatic heterocycles. The molecule has 0 fully saturated rings. The number of rotatable bonds is 10. The number of aliphatic hydroxyl groups excluding tert-OH is 2. The van der Waals surface area contributed by atoms with Crippen molar-refractivity contribution in [3.05, 3.63) is 113 Å². The van der Waals surface area contributed by atoms with E-state index in [0.29, 0.717) is 21.8 Å². The molecule has 0 radical (unpaired) electrons. The molecule has 14 nitrogen and oxygen atoms in total. The molecule has 2 atom stereocenters. The lowest BCUT2D eigenvalue weighted by Gasteiger charge is -2.44. The van der Waals surface area contributed by atoms with Crippen molar-refractivity contribution in [3.63, 3.8) is 0 Å². The van der Waals surface area contributed by atoms with E-state index >= 15 is 8.78 Å². The number of nitrogens with one attached hydrogen (secondary N) is 1. The van der Waals surface area contributed by atoms with Crippen molar-refractivity contribution in [2.75, 3.05) is 29.3 Å². The van der Waals surface area contributed by atoms with Crippen molar-refractivity contribution in [2.24, 2.45) is 0 Å². The Bertz CT molecular complexity index is 2110. The SMILES string of the molecule is COc1ccc(N2C(O)c3c(sc(-c4ccc(NC(=O)OC(C)(C)C)cn4)c3CN(C)C(=O)OCc3ccccc3)N(Cc3c(F)cccc3F)C2O)nn1. The summed E-state index contributed by atoms with van der Waals surface area (Å²) >= 11 is 1.08. The molecule has 4 heterocycles. The zero-order valence-corrected chi connectivity index (χ0v) is 31.4. The Labute approximate surface area is 319 Å². The Balaban J connectivity index is 1.45. The normalized spacial score (nSPS) is 15.3. The van der Waals surface area contributed by atoms with Crippen molar-refractivity contribution < 1.29 is 42.8 Å². The predicted octanol–water partition coefficient (Wildman–Crippen LogP) is 6.80. The molecule has 0 bridgehead atoms. The van der Waals surface area contributed by atoms with E-state index in [1.54, 1.807) is 32.9 Å². The summed E-state index contributed by atoms with van der Waals surface area (Å²) < 4.78 is 46.4. The maximum absolute atomic E-state index is 15.2. The number of hydrogen-bond acceptors (Lipinski definition) is 13. The Morgan fingerprint density at radius 2 is 1.69 bits per heavy atom. The molecular weight excluding hydrogens is 737 g/mol. The molecule has 0 saturated heterocycles. The van der Waals surface area contributed by atoms with E-state index in [-0.39, 0.29) is 41.0 Å². The van der Waals surface area contributed by atoms with Crippen molar-refractivity contribution in [1.82, 2.24) is 20.1 Å². The summed E-state index contributed by atoms with van der Waals surface area (Å²) in [6, 6.07) is 18.7.